The fourth-order valence-electron chi connectivity index (χ4n) is 3.33. The summed E-state index contributed by atoms with van der Waals surface area (Å²) in [5.74, 6) is -0.182. The number of carbonyl (C=O) groups excluding carboxylic acids is 2. The van der Waals surface area contributed by atoms with E-state index in [1.807, 2.05) is 38.4 Å². The van der Waals surface area contributed by atoms with Gasteiger partial charge in [0.1, 0.15) is 0 Å². The Morgan fingerprint density at radius 3 is 2.53 bits per heavy atom. The zero-order valence-electron chi connectivity index (χ0n) is 17.8. The van der Waals surface area contributed by atoms with E-state index in [0.717, 1.165) is 18.5 Å². The third-order valence-corrected chi connectivity index (χ3v) is 5.21. The summed E-state index contributed by atoms with van der Waals surface area (Å²) in [4.78, 5) is 30.2. The molecule has 0 saturated heterocycles. The number of fused-ring (bicyclic) bond motifs is 1. The second kappa shape index (κ2) is 7.89. The summed E-state index contributed by atoms with van der Waals surface area (Å²) in [6, 6.07) is 9.26. The van der Waals surface area contributed by atoms with Crippen molar-refractivity contribution in [1.82, 2.24) is 20.1 Å². The van der Waals surface area contributed by atoms with Crippen molar-refractivity contribution in [2.75, 3.05) is 5.32 Å². The Morgan fingerprint density at radius 2 is 1.87 bits per heavy atom. The van der Waals surface area contributed by atoms with E-state index < -0.39 is 0 Å². The monoisotopic (exact) mass is 405 g/mol. The van der Waals surface area contributed by atoms with Gasteiger partial charge < -0.3 is 10.6 Å². The maximum atomic E-state index is 13.2. The maximum absolute atomic E-state index is 13.2. The van der Waals surface area contributed by atoms with Crippen LogP contribution in [0.15, 0.2) is 36.5 Å². The van der Waals surface area contributed by atoms with Crippen LogP contribution in [-0.2, 0) is 0 Å². The Labute approximate surface area is 175 Å². The molecule has 7 nitrogen and oxygen atoms in total. The number of aromatic nitrogens is 3. The molecule has 1 fully saturated rings. The fraction of sp³-hybridized carbons (Fsp3) is 0.391. The normalized spacial score (nSPS) is 13.8. The van der Waals surface area contributed by atoms with Crippen molar-refractivity contribution < 1.29 is 9.59 Å². The molecule has 1 aromatic carbocycles. The highest BCUT2D eigenvalue weighted by Gasteiger charge is 2.24. The van der Waals surface area contributed by atoms with Crippen LogP contribution in [0.3, 0.4) is 0 Å². The lowest BCUT2D eigenvalue weighted by atomic mass is 10.0. The molecule has 4 rings (SSSR count). The molecule has 0 atom stereocenters. The van der Waals surface area contributed by atoms with Gasteiger partial charge in [-0.15, -0.1) is 0 Å². The van der Waals surface area contributed by atoms with Gasteiger partial charge in [0.05, 0.1) is 17.1 Å². The van der Waals surface area contributed by atoms with Crippen LogP contribution in [0.4, 0.5) is 5.69 Å². The smallest absolute Gasteiger partial charge is 0.256 e. The van der Waals surface area contributed by atoms with E-state index in [9.17, 15) is 9.59 Å². The summed E-state index contributed by atoms with van der Waals surface area (Å²) in [6.07, 6.45) is 3.76. The van der Waals surface area contributed by atoms with Crippen LogP contribution in [0.2, 0.25) is 0 Å². The van der Waals surface area contributed by atoms with E-state index >= 15 is 0 Å². The lowest BCUT2D eigenvalue weighted by Crippen LogP contribution is -2.25. The average molecular weight is 406 g/mol. The first-order chi connectivity index (χ1) is 14.3. The summed E-state index contributed by atoms with van der Waals surface area (Å²) in [6.45, 7) is 8.17. The number of rotatable bonds is 6. The van der Waals surface area contributed by atoms with Crippen LogP contribution in [0.1, 0.15) is 78.9 Å². The lowest BCUT2D eigenvalue weighted by molar-refractivity contribution is 0.0949. The molecule has 30 heavy (non-hydrogen) atoms. The number of pyridine rings is 1. The first-order valence-corrected chi connectivity index (χ1v) is 10.4. The van der Waals surface area contributed by atoms with Crippen LogP contribution < -0.4 is 10.6 Å². The molecule has 1 aliphatic rings. The number of nitrogens with zero attached hydrogens (tertiary/aromatic N) is 3. The number of carbonyl (C=O) groups is 2. The zero-order valence-corrected chi connectivity index (χ0v) is 17.8. The first kappa shape index (κ1) is 20.1. The van der Waals surface area contributed by atoms with Gasteiger partial charge >= 0.3 is 0 Å². The molecule has 2 N–H and O–H groups in total. The molecule has 2 heterocycles. The molecule has 0 bridgehead atoms. The molecule has 156 valence electrons. The van der Waals surface area contributed by atoms with E-state index in [2.05, 4.69) is 15.7 Å². The molecule has 2 amide bonds. The fourth-order valence-corrected chi connectivity index (χ4v) is 3.33. The van der Waals surface area contributed by atoms with Gasteiger partial charge in [0, 0.05) is 29.0 Å². The summed E-state index contributed by atoms with van der Waals surface area (Å²) >= 11 is 0. The molecule has 0 radical (unpaired) electrons. The molecule has 2 aromatic heterocycles. The van der Waals surface area contributed by atoms with E-state index in [1.165, 1.54) is 0 Å². The van der Waals surface area contributed by atoms with Crippen molar-refractivity contribution in [3.63, 3.8) is 0 Å². The third-order valence-electron chi connectivity index (χ3n) is 5.21. The number of nitrogens with one attached hydrogen (secondary N) is 2. The van der Waals surface area contributed by atoms with Gasteiger partial charge in [-0.2, -0.15) is 5.10 Å². The van der Waals surface area contributed by atoms with E-state index in [-0.39, 0.29) is 29.8 Å². The van der Waals surface area contributed by atoms with Gasteiger partial charge in [0.25, 0.3) is 11.8 Å². The standard InChI is InChI=1S/C23H27N5O2/c1-13(2)20-11-18(19-12-24-28(14(3)4)21(19)27-20)23(30)26-17-7-5-6-15(10-17)22(29)25-16-8-9-16/h5-7,10-14,16H,8-9H2,1-4H3,(H,25,29)(H,26,30). The number of amides is 2. The van der Waals surface area contributed by atoms with Gasteiger partial charge in [-0.25, -0.2) is 9.67 Å². The molecule has 3 aromatic rings. The Hall–Kier alpha value is -3.22. The van der Waals surface area contributed by atoms with Crippen molar-refractivity contribution in [3.8, 4) is 0 Å². The van der Waals surface area contributed by atoms with Crippen molar-refractivity contribution in [2.24, 2.45) is 0 Å². The van der Waals surface area contributed by atoms with Crippen molar-refractivity contribution in [1.29, 1.82) is 0 Å². The van der Waals surface area contributed by atoms with E-state index in [4.69, 9.17) is 4.98 Å². The number of anilines is 1. The third kappa shape index (κ3) is 4.06. The van der Waals surface area contributed by atoms with Gasteiger partial charge in [-0.1, -0.05) is 19.9 Å². The van der Waals surface area contributed by atoms with Crippen LogP contribution in [0.25, 0.3) is 11.0 Å². The Kier molecular flexibility index (Phi) is 5.28. The van der Waals surface area contributed by atoms with E-state index in [0.29, 0.717) is 27.8 Å². The number of hydrogen-bond donors (Lipinski definition) is 2. The molecule has 7 heteroatoms. The second-order valence-corrected chi connectivity index (χ2v) is 8.45. The average Bonchev–Trinajstić information content (AvgIpc) is 3.41. The molecule has 0 aliphatic heterocycles. The zero-order chi connectivity index (χ0) is 21.4. The lowest BCUT2D eigenvalue weighted by Gasteiger charge is -2.13. The Bertz CT molecular complexity index is 1110. The minimum absolute atomic E-state index is 0.111. The molecule has 0 spiro atoms. The Balaban J connectivity index is 1.65. The summed E-state index contributed by atoms with van der Waals surface area (Å²) in [7, 11) is 0. The van der Waals surface area contributed by atoms with Crippen LogP contribution in [0, 0.1) is 0 Å². The van der Waals surface area contributed by atoms with Crippen molar-refractivity contribution in [2.45, 2.75) is 58.5 Å². The predicted molar refractivity (Wildman–Crippen MR) is 117 cm³/mol. The summed E-state index contributed by atoms with van der Waals surface area (Å²) in [5.41, 5.74) is 3.20. The Morgan fingerprint density at radius 1 is 1.10 bits per heavy atom. The predicted octanol–water partition coefficient (Wildman–Crippen LogP) is 4.28. The second-order valence-electron chi connectivity index (χ2n) is 8.45. The molecule has 1 saturated carbocycles. The topological polar surface area (TPSA) is 88.9 Å². The molecular weight excluding hydrogens is 378 g/mol. The van der Waals surface area contributed by atoms with Crippen LogP contribution in [0.5, 0.6) is 0 Å². The SMILES string of the molecule is CC(C)c1cc(C(=O)Nc2cccc(C(=O)NC3CC3)c2)c2cnn(C(C)C)c2n1. The van der Waals surface area contributed by atoms with Gasteiger partial charge in [0.15, 0.2) is 5.65 Å². The summed E-state index contributed by atoms with van der Waals surface area (Å²) < 4.78 is 1.83. The highest BCUT2D eigenvalue weighted by molar-refractivity contribution is 6.12. The largest absolute Gasteiger partial charge is 0.349 e. The minimum Gasteiger partial charge on any atom is -0.349 e. The van der Waals surface area contributed by atoms with Gasteiger partial charge in [-0.3, -0.25) is 9.59 Å². The van der Waals surface area contributed by atoms with Crippen LogP contribution >= 0.6 is 0 Å². The van der Waals surface area contributed by atoms with Gasteiger partial charge in [0.2, 0.25) is 0 Å². The number of hydrogen-bond acceptors (Lipinski definition) is 4. The van der Waals surface area contributed by atoms with Crippen molar-refractivity contribution >= 4 is 28.5 Å². The molecular formula is C23H27N5O2. The van der Waals surface area contributed by atoms with E-state index in [1.54, 1.807) is 30.5 Å². The molecule has 1 aliphatic carbocycles. The summed E-state index contributed by atoms with van der Waals surface area (Å²) in [5, 5.41) is 11.1. The quantitative estimate of drug-likeness (QED) is 0.641. The minimum atomic E-state index is -0.243. The highest BCUT2D eigenvalue weighted by Crippen LogP contribution is 2.25. The first-order valence-electron chi connectivity index (χ1n) is 10.4. The number of benzene rings is 1. The maximum Gasteiger partial charge on any atom is 0.256 e. The molecule has 0 unspecified atom stereocenters. The van der Waals surface area contributed by atoms with Gasteiger partial charge in [-0.05, 0) is 56.9 Å². The van der Waals surface area contributed by atoms with Crippen molar-refractivity contribution in [3.05, 3.63) is 53.3 Å². The highest BCUT2D eigenvalue weighted by atomic mass is 16.2. The van der Waals surface area contributed by atoms with Crippen LogP contribution in [-0.4, -0.2) is 32.6 Å².